The maximum absolute atomic E-state index is 13.3. The van der Waals surface area contributed by atoms with Crippen LogP contribution in [0.3, 0.4) is 0 Å². The van der Waals surface area contributed by atoms with Gasteiger partial charge in [0, 0.05) is 5.92 Å². The summed E-state index contributed by atoms with van der Waals surface area (Å²) >= 11 is 0. The topological polar surface area (TPSA) is 20.3 Å². The molecule has 116 valence electrons. The number of hydrogen-bond acceptors (Lipinski definition) is 2. The quantitative estimate of drug-likeness (QED) is 0.774. The molecule has 0 radical (unpaired) electrons. The van der Waals surface area contributed by atoms with Gasteiger partial charge in [-0.15, -0.1) is 0 Å². The fourth-order valence-corrected chi connectivity index (χ4v) is 4.91. The normalized spacial score (nSPS) is 42.7. The van der Waals surface area contributed by atoms with E-state index in [1.807, 2.05) is 0 Å². The third kappa shape index (κ3) is 3.10. The predicted octanol–water partition coefficient (Wildman–Crippen LogP) is 4.14. The van der Waals surface area contributed by atoms with Crippen molar-refractivity contribution in [3.63, 3.8) is 0 Å². The van der Waals surface area contributed by atoms with E-state index in [-0.39, 0.29) is 5.54 Å². The van der Waals surface area contributed by atoms with Crippen LogP contribution in [0.15, 0.2) is 0 Å². The van der Waals surface area contributed by atoms with Gasteiger partial charge in [0.15, 0.2) is 5.78 Å². The van der Waals surface area contributed by atoms with Gasteiger partial charge in [-0.2, -0.15) is 0 Å². The second-order valence-electron chi connectivity index (χ2n) is 8.11. The summed E-state index contributed by atoms with van der Waals surface area (Å²) < 4.78 is 0. The van der Waals surface area contributed by atoms with E-state index in [1.54, 1.807) is 0 Å². The lowest BCUT2D eigenvalue weighted by atomic mass is 9.65. The zero-order chi connectivity index (χ0) is 14.9. The van der Waals surface area contributed by atoms with Gasteiger partial charge in [0.2, 0.25) is 0 Å². The molecule has 0 bridgehead atoms. The Kier molecular flexibility index (Phi) is 4.94. The van der Waals surface area contributed by atoms with Crippen molar-refractivity contribution < 1.29 is 4.79 Å². The average molecular weight is 279 g/mol. The van der Waals surface area contributed by atoms with Gasteiger partial charge in [-0.25, -0.2) is 0 Å². The molecule has 0 aromatic heterocycles. The number of ketones is 1. The van der Waals surface area contributed by atoms with Gasteiger partial charge in [-0.3, -0.25) is 9.69 Å². The lowest BCUT2D eigenvalue weighted by molar-refractivity contribution is -0.139. The van der Waals surface area contributed by atoms with Crippen LogP contribution in [0.5, 0.6) is 0 Å². The second-order valence-corrected chi connectivity index (χ2v) is 8.11. The fourth-order valence-electron chi connectivity index (χ4n) is 4.91. The number of Topliss-reactive ketones (excluding diaryl/α,β-unsaturated/α-hetero) is 1. The Balaban J connectivity index is 2.18. The van der Waals surface area contributed by atoms with Crippen LogP contribution in [0.2, 0.25) is 0 Å². The Hall–Kier alpha value is -0.370. The summed E-state index contributed by atoms with van der Waals surface area (Å²) in [6, 6.07) is 0. The number of rotatable bonds is 3. The predicted molar refractivity (Wildman–Crippen MR) is 84.7 cm³/mol. The van der Waals surface area contributed by atoms with E-state index >= 15 is 0 Å². The molecule has 20 heavy (non-hydrogen) atoms. The van der Waals surface area contributed by atoms with E-state index in [9.17, 15) is 4.79 Å². The Bertz CT molecular complexity index is 341. The molecule has 2 heteroatoms. The molecule has 2 fully saturated rings. The van der Waals surface area contributed by atoms with Crippen LogP contribution in [0.25, 0.3) is 0 Å². The van der Waals surface area contributed by atoms with Crippen molar-refractivity contribution in [2.24, 2.45) is 23.7 Å². The number of carbonyl (C=O) groups is 1. The van der Waals surface area contributed by atoms with Crippen molar-refractivity contribution in [1.29, 1.82) is 0 Å². The highest BCUT2D eigenvalue weighted by Crippen LogP contribution is 2.42. The number of carbonyl (C=O) groups excluding carboxylic acids is 1. The molecule has 4 unspecified atom stereocenters. The molecule has 0 aromatic carbocycles. The largest absolute Gasteiger partial charge is 0.297 e. The molecule has 4 atom stereocenters. The second kappa shape index (κ2) is 6.17. The molecule has 2 nitrogen and oxygen atoms in total. The van der Waals surface area contributed by atoms with Gasteiger partial charge in [0.25, 0.3) is 0 Å². The summed E-state index contributed by atoms with van der Waals surface area (Å²) in [4.78, 5) is 15.6. The van der Waals surface area contributed by atoms with Gasteiger partial charge in [-0.1, -0.05) is 33.6 Å². The molecule has 2 rings (SSSR count). The minimum atomic E-state index is -0.168. The molecule has 0 spiro atoms. The lowest BCUT2D eigenvalue weighted by Gasteiger charge is -2.47. The van der Waals surface area contributed by atoms with Crippen LogP contribution in [0, 0.1) is 23.7 Å². The van der Waals surface area contributed by atoms with Crippen molar-refractivity contribution in [3.05, 3.63) is 0 Å². The van der Waals surface area contributed by atoms with E-state index in [4.69, 9.17) is 0 Å². The third-order valence-electron chi connectivity index (χ3n) is 5.84. The maximum Gasteiger partial charge on any atom is 0.156 e. The number of nitrogens with zero attached hydrogens (tertiary/aromatic N) is 1. The van der Waals surface area contributed by atoms with Crippen LogP contribution in [-0.2, 0) is 4.79 Å². The summed E-state index contributed by atoms with van der Waals surface area (Å²) in [5.41, 5.74) is -0.168. The van der Waals surface area contributed by atoms with E-state index in [1.165, 1.54) is 19.3 Å². The van der Waals surface area contributed by atoms with Crippen molar-refractivity contribution in [2.45, 2.75) is 71.3 Å². The molecule has 2 aliphatic carbocycles. The van der Waals surface area contributed by atoms with Gasteiger partial charge in [0.1, 0.15) is 0 Å². The van der Waals surface area contributed by atoms with Crippen LogP contribution in [0.4, 0.5) is 0 Å². The third-order valence-corrected chi connectivity index (χ3v) is 5.84. The van der Waals surface area contributed by atoms with Crippen LogP contribution in [0.1, 0.15) is 65.7 Å². The summed E-state index contributed by atoms with van der Waals surface area (Å²) in [6.07, 6.45) is 8.18. The summed E-state index contributed by atoms with van der Waals surface area (Å²) in [7, 11) is 4.23. The Morgan fingerprint density at radius 1 is 1.00 bits per heavy atom. The zero-order valence-corrected chi connectivity index (χ0v) is 14.1. The molecule has 2 saturated carbocycles. The van der Waals surface area contributed by atoms with Gasteiger partial charge in [0.05, 0.1) is 5.54 Å². The minimum absolute atomic E-state index is 0.168. The maximum atomic E-state index is 13.3. The van der Waals surface area contributed by atoms with E-state index in [0.717, 1.165) is 25.7 Å². The average Bonchev–Trinajstić information content (AvgIpc) is 2.36. The van der Waals surface area contributed by atoms with Crippen molar-refractivity contribution in [2.75, 3.05) is 14.1 Å². The molecule has 2 aliphatic rings. The zero-order valence-electron chi connectivity index (χ0n) is 14.1. The molecule has 0 N–H and O–H groups in total. The van der Waals surface area contributed by atoms with Crippen molar-refractivity contribution in [3.8, 4) is 0 Å². The molecule has 0 amide bonds. The van der Waals surface area contributed by atoms with Crippen molar-refractivity contribution in [1.82, 2.24) is 4.90 Å². The van der Waals surface area contributed by atoms with E-state index < -0.39 is 0 Å². The number of hydrogen-bond donors (Lipinski definition) is 0. The smallest absolute Gasteiger partial charge is 0.156 e. The standard InChI is InChI=1S/C18H33NO/c1-13-7-6-8-18(12-13,19(4)5)17(20)16-10-14(2)9-15(3)11-16/h13-16H,6-12H2,1-5H3. The van der Waals surface area contributed by atoms with Crippen LogP contribution >= 0.6 is 0 Å². The monoisotopic (exact) mass is 279 g/mol. The van der Waals surface area contributed by atoms with Crippen LogP contribution in [-0.4, -0.2) is 30.3 Å². The summed E-state index contributed by atoms with van der Waals surface area (Å²) in [6.45, 7) is 6.96. The highest BCUT2D eigenvalue weighted by Gasteiger charge is 2.47. The van der Waals surface area contributed by atoms with E-state index in [0.29, 0.717) is 29.5 Å². The molecule has 0 heterocycles. The highest BCUT2D eigenvalue weighted by molar-refractivity contribution is 5.90. The lowest BCUT2D eigenvalue weighted by Crippen LogP contribution is -2.56. The van der Waals surface area contributed by atoms with E-state index in [2.05, 4.69) is 39.8 Å². The molecular weight excluding hydrogens is 246 g/mol. The van der Waals surface area contributed by atoms with Gasteiger partial charge >= 0.3 is 0 Å². The molecular formula is C18H33NO. The minimum Gasteiger partial charge on any atom is -0.297 e. The first-order chi connectivity index (χ1) is 9.35. The van der Waals surface area contributed by atoms with Gasteiger partial charge < -0.3 is 0 Å². The van der Waals surface area contributed by atoms with Gasteiger partial charge in [-0.05, 0) is 64.0 Å². The molecule has 0 aromatic rings. The first kappa shape index (κ1) is 16.0. The fraction of sp³-hybridized carbons (Fsp3) is 0.944. The molecule has 0 aliphatic heterocycles. The summed E-state index contributed by atoms with van der Waals surface area (Å²) in [5.74, 6) is 2.99. The van der Waals surface area contributed by atoms with Crippen molar-refractivity contribution >= 4 is 5.78 Å². The molecule has 0 saturated heterocycles. The Morgan fingerprint density at radius 3 is 2.10 bits per heavy atom. The first-order valence-corrected chi connectivity index (χ1v) is 8.57. The highest BCUT2D eigenvalue weighted by atomic mass is 16.1. The Morgan fingerprint density at radius 2 is 1.60 bits per heavy atom. The SMILES string of the molecule is CC1CC(C)CC(C(=O)C2(N(C)C)CCCC(C)C2)C1. The first-order valence-electron chi connectivity index (χ1n) is 8.57. The summed E-state index contributed by atoms with van der Waals surface area (Å²) in [5, 5.41) is 0. The number of likely N-dealkylation sites (N-methyl/N-ethyl adjacent to an activating group) is 1. The van der Waals surface area contributed by atoms with Crippen LogP contribution < -0.4 is 0 Å². The Labute approximate surface area is 125 Å².